The van der Waals surface area contributed by atoms with Gasteiger partial charge in [-0.2, -0.15) is 0 Å². The molecule has 6 heteroatoms. The van der Waals surface area contributed by atoms with Crippen molar-refractivity contribution in [1.29, 1.82) is 0 Å². The lowest BCUT2D eigenvalue weighted by Crippen LogP contribution is -2.30. The Morgan fingerprint density at radius 3 is 3.00 bits per heavy atom. The minimum atomic E-state index is 0.0500. The Kier molecular flexibility index (Phi) is 3.95. The molecule has 1 saturated heterocycles. The molecule has 0 aromatic carbocycles. The molecule has 6 nitrogen and oxygen atoms in total. The van der Waals surface area contributed by atoms with E-state index in [0.717, 1.165) is 36.6 Å². The predicted octanol–water partition coefficient (Wildman–Crippen LogP) is 1.50. The highest BCUT2D eigenvalue weighted by atomic mass is 16.5. The SMILES string of the molecule is COCCn1c(=O)n([C@@H]2CCN(CC3CC3)C2)c2ncccc21. The van der Waals surface area contributed by atoms with Gasteiger partial charge < -0.3 is 9.64 Å². The molecule has 1 atom stereocenters. The molecule has 2 aromatic heterocycles. The summed E-state index contributed by atoms with van der Waals surface area (Å²) in [5.41, 5.74) is 1.77. The van der Waals surface area contributed by atoms with Crippen molar-refractivity contribution in [3.05, 3.63) is 28.8 Å². The maximum absolute atomic E-state index is 12.9. The molecule has 0 unspecified atom stereocenters. The van der Waals surface area contributed by atoms with Crippen LogP contribution in [0.5, 0.6) is 0 Å². The molecule has 0 spiro atoms. The van der Waals surface area contributed by atoms with Crippen LogP contribution in [0, 0.1) is 5.92 Å². The number of imidazole rings is 1. The first-order chi connectivity index (χ1) is 11.3. The van der Waals surface area contributed by atoms with Crippen molar-refractivity contribution in [2.75, 3.05) is 33.4 Å². The van der Waals surface area contributed by atoms with E-state index in [2.05, 4.69) is 9.88 Å². The summed E-state index contributed by atoms with van der Waals surface area (Å²) in [5.74, 6) is 0.895. The zero-order chi connectivity index (χ0) is 15.8. The van der Waals surface area contributed by atoms with Gasteiger partial charge in [-0.3, -0.25) is 9.13 Å². The van der Waals surface area contributed by atoms with Gasteiger partial charge in [-0.25, -0.2) is 9.78 Å². The van der Waals surface area contributed by atoms with Gasteiger partial charge in [0, 0.05) is 32.9 Å². The number of pyridine rings is 1. The van der Waals surface area contributed by atoms with E-state index in [4.69, 9.17) is 4.74 Å². The van der Waals surface area contributed by atoms with Gasteiger partial charge in [0.25, 0.3) is 0 Å². The van der Waals surface area contributed by atoms with Crippen molar-refractivity contribution in [3.8, 4) is 0 Å². The van der Waals surface area contributed by atoms with E-state index in [1.807, 2.05) is 16.7 Å². The molecule has 23 heavy (non-hydrogen) atoms. The first kappa shape index (κ1) is 14.9. The molecule has 124 valence electrons. The van der Waals surface area contributed by atoms with Crippen LogP contribution in [-0.2, 0) is 11.3 Å². The number of nitrogens with zero attached hydrogens (tertiary/aromatic N) is 4. The van der Waals surface area contributed by atoms with E-state index in [9.17, 15) is 4.79 Å². The first-order valence-corrected chi connectivity index (χ1v) is 8.55. The van der Waals surface area contributed by atoms with Gasteiger partial charge in [-0.05, 0) is 37.3 Å². The molecule has 2 fully saturated rings. The fraction of sp³-hybridized carbons (Fsp3) is 0.647. The van der Waals surface area contributed by atoms with E-state index < -0.39 is 0 Å². The lowest BCUT2D eigenvalue weighted by Gasteiger charge is -2.15. The third kappa shape index (κ3) is 2.81. The van der Waals surface area contributed by atoms with Crippen LogP contribution in [0.15, 0.2) is 23.1 Å². The second-order valence-electron chi connectivity index (χ2n) is 6.79. The molecule has 3 heterocycles. The summed E-state index contributed by atoms with van der Waals surface area (Å²) >= 11 is 0. The molecular formula is C17H24N4O2. The molecule has 1 aliphatic heterocycles. The van der Waals surface area contributed by atoms with Crippen LogP contribution in [0.4, 0.5) is 0 Å². The molecule has 0 N–H and O–H groups in total. The number of ether oxygens (including phenoxy) is 1. The summed E-state index contributed by atoms with van der Waals surface area (Å²) in [6.45, 7) is 4.36. The molecule has 0 amide bonds. The summed E-state index contributed by atoms with van der Waals surface area (Å²) in [6, 6.07) is 4.11. The van der Waals surface area contributed by atoms with Crippen LogP contribution >= 0.6 is 0 Å². The topological polar surface area (TPSA) is 52.3 Å². The highest BCUT2D eigenvalue weighted by molar-refractivity contribution is 5.71. The van der Waals surface area contributed by atoms with Crippen molar-refractivity contribution < 1.29 is 4.74 Å². The van der Waals surface area contributed by atoms with Gasteiger partial charge in [-0.1, -0.05) is 0 Å². The maximum atomic E-state index is 12.9. The molecule has 2 aromatic rings. The van der Waals surface area contributed by atoms with Crippen molar-refractivity contribution in [2.45, 2.75) is 31.8 Å². The Morgan fingerprint density at radius 2 is 2.22 bits per heavy atom. The Morgan fingerprint density at radius 1 is 1.35 bits per heavy atom. The number of methoxy groups -OCH3 is 1. The Bertz CT molecular complexity index is 747. The fourth-order valence-corrected chi connectivity index (χ4v) is 3.69. The van der Waals surface area contributed by atoms with Crippen molar-refractivity contribution >= 4 is 11.2 Å². The van der Waals surface area contributed by atoms with Gasteiger partial charge in [0.15, 0.2) is 5.65 Å². The molecule has 4 rings (SSSR count). The van der Waals surface area contributed by atoms with Crippen LogP contribution in [-0.4, -0.2) is 52.4 Å². The van der Waals surface area contributed by atoms with Gasteiger partial charge in [-0.15, -0.1) is 0 Å². The Hall–Kier alpha value is -1.66. The third-order valence-electron chi connectivity index (χ3n) is 5.07. The van der Waals surface area contributed by atoms with E-state index in [-0.39, 0.29) is 11.7 Å². The molecule has 0 radical (unpaired) electrons. The standard InChI is InChI=1S/C17H24N4O2/c1-23-10-9-20-15-3-2-7-18-16(15)21(17(20)22)14-6-8-19(12-14)11-13-4-5-13/h2-3,7,13-14H,4-6,8-12H2,1H3/t14-/m1/s1. The molecule has 1 saturated carbocycles. The Labute approximate surface area is 135 Å². The zero-order valence-electron chi connectivity index (χ0n) is 13.6. The summed E-state index contributed by atoms with van der Waals surface area (Å²) in [6.07, 6.45) is 5.56. The van der Waals surface area contributed by atoms with E-state index in [1.54, 1.807) is 17.9 Å². The number of hydrogen-bond acceptors (Lipinski definition) is 4. The zero-order valence-corrected chi connectivity index (χ0v) is 13.6. The first-order valence-electron chi connectivity index (χ1n) is 8.55. The number of hydrogen-bond donors (Lipinski definition) is 0. The maximum Gasteiger partial charge on any atom is 0.330 e. The number of rotatable bonds is 6. The monoisotopic (exact) mass is 316 g/mol. The normalized spacial score (nSPS) is 22.2. The van der Waals surface area contributed by atoms with Crippen LogP contribution < -0.4 is 5.69 Å². The van der Waals surface area contributed by atoms with Crippen LogP contribution in [0.2, 0.25) is 0 Å². The fourth-order valence-electron chi connectivity index (χ4n) is 3.69. The van der Waals surface area contributed by atoms with Gasteiger partial charge in [0.2, 0.25) is 0 Å². The Balaban J connectivity index is 1.66. The van der Waals surface area contributed by atoms with Crippen molar-refractivity contribution in [3.63, 3.8) is 0 Å². The van der Waals surface area contributed by atoms with Crippen molar-refractivity contribution in [1.82, 2.24) is 19.0 Å². The number of fused-ring (bicyclic) bond motifs is 1. The second kappa shape index (κ2) is 6.09. The van der Waals surface area contributed by atoms with Crippen LogP contribution in [0.3, 0.4) is 0 Å². The smallest absolute Gasteiger partial charge is 0.330 e. The van der Waals surface area contributed by atoms with E-state index in [0.29, 0.717) is 13.2 Å². The lowest BCUT2D eigenvalue weighted by molar-refractivity contribution is 0.187. The lowest BCUT2D eigenvalue weighted by atomic mass is 10.2. The average Bonchev–Trinajstić information content (AvgIpc) is 3.18. The highest BCUT2D eigenvalue weighted by Gasteiger charge is 2.32. The molecule has 1 aliphatic carbocycles. The summed E-state index contributed by atoms with van der Waals surface area (Å²) in [4.78, 5) is 19.9. The summed E-state index contributed by atoms with van der Waals surface area (Å²) in [5, 5.41) is 0. The minimum Gasteiger partial charge on any atom is -0.383 e. The third-order valence-corrected chi connectivity index (χ3v) is 5.07. The van der Waals surface area contributed by atoms with Crippen molar-refractivity contribution in [2.24, 2.45) is 5.92 Å². The minimum absolute atomic E-state index is 0.0500. The van der Waals surface area contributed by atoms with E-state index >= 15 is 0 Å². The van der Waals surface area contributed by atoms with Crippen LogP contribution in [0.1, 0.15) is 25.3 Å². The van der Waals surface area contributed by atoms with E-state index in [1.165, 1.54) is 19.4 Å². The van der Waals surface area contributed by atoms with Gasteiger partial charge in [0.05, 0.1) is 24.7 Å². The highest BCUT2D eigenvalue weighted by Crippen LogP contribution is 2.32. The number of aromatic nitrogens is 3. The summed E-state index contributed by atoms with van der Waals surface area (Å²) in [7, 11) is 1.66. The molecular weight excluding hydrogens is 292 g/mol. The van der Waals surface area contributed by atoms with Gasteiger partial charge in [0.1, 0.15) is 0 Å². The average molecular weight is 316 g/mol. The van der Waals surface area contributed by atoms with Crippen LogP contribution in [0.25, 0.3) is 11.2 Å². The number of likely N-dealkylation sites (tertiary alicyclic amines) is 1. The summed E-state index contributed by atoms with van der Waals surface area (Å²) < 4.78 is 8.87. The quantitative estimate of drug-likeness (QED) is 0.810. The predicted molar refractivity (Wildman–Crippen MR) is 88.7 cm³/mol. The largest absolute Gasteiger partial charge is 0.383 e. The molecule has 0 bridgehead atoms. The second-order valence-corrected chi connectivity index (χ2v) is 6.79. The van der Waals surface area contributed by atoms with Gasteiger partial charge >= 0.3 is 5.69 Å². The molecule has 2 aliphatic rings.